The Morgan fingerprint density at radius 1 is 1.63 bits per heavy atom. The number of hydrogen-bond donors (Lipinski definition) is 2. The molecule has 3 N–H and O–H groups in total. The minimum absolute atomic E-state index is 0.00273. The lowest BCUT2D eigenvalue weighted by Crippen LogP contribution is -2.37. The van der Waals surface area contributed by atoms with Crippen LogP contribution in [0.4, 0.5) is 9.18 Å². The molecule has 0 fully saturated rings. The lowest BCUT2D eigenvalue weighted by Gasteiger charge is -2.21. The Balaban J connectivity index is 2.61. The van der Waals surface area contributed by atoms with Gasteiger partial charge in [-0.3, -0.25) is 0 Å². The van der Waals surface area contributed by atoms with E-state index in [1.54, 1.807) is 20.8 Å². The molecule has 0 aliphatic heterocycles. The highest BCUT2D eigenvalue weighted by molar-refractivity contribution is 6.31. The van der Waals surface area contributed by atoms with E-state index in [0.717, 1.165) is 0 Å². The first-order valence-electron chi connectivity index (χ1n) is 5.73. The monoisotopic (exact) mass is 289 g/mol. The molecule has 0 saturated carbocycles. The maximum absolute atomic E-state index is 13.5. The number of nitrogens with one attached hydrogen (secondary N) is 1. The van der Waals surface area contributed by atoms with Crippen molar-refractivity contribution in [2.75, 3.05) is 6.54 Å². The molecule has 1 aromatic heterocycles. The van der Waals surface area contributed by atoms with Crippen molar-refractivity contribution in [1.29, 1.82) is 0 Å². The number of amides is 1. The van der Waals surface area contributed by atoms with Gasteiger partial charge >= 0.3 is 6.09 Å². The first kappa shape index (κ1) is 15.7. The van der Waals surface area contributed by atoms with Gasteiger partial charge in [0.05, 0.1) is 11.1 Å². The van der Waals surface area contributed by atoms with Gasteiger partial charge in [0.1, 0.15) is 5.60 Å². The second-order valence-electron chi connectivity index (χ2n) is 4.99. The number of hydrogen-bond acceptors (Lipinski definition) is 4. The van der Waals surface area contributed by atoms with E-state index in [0.29, 0.717) is 0 Å². The largest absolute Gasteiger partial charge is 0.444 e. The lowest BCUT2D eigenvalue weighted by molar-refractivity contribution is 0.0524. The molecule has 0 aromatic carbocycles. The normalized spacial score (nSPS) is 12.9. The highest BCUT2D eigenvalue weighted by Crippen LogP contribution is 2.22. The Morgan fingerprint density at radius 2 is 2.26 bits per heavy atom. The zero-order chi connectivity index (χ0) is 14.6. The number of rotatable bonds is 3. The SMILES string of the molecule is CC(C)(C)OC(=O)NCC(N)c1c(Cl)ccnc1F. The van der Waals surface area contributed by atoms with Gasteiger partial charge in [0, 0.05) is 18.3 Å². The van der Waals surface area contributed by atoms with Crippen LogP contribution in [0.5, 0.6) is 0 Å². The van der Waals surface area contributed by atoms with E-state index in [1.807, 2.05) is 0 Å². The van der Waals surface area contributed by atoms with Crippen LogP contribution in [0.2, 0.25) is 5.02 Å². The summed E-state index contributed by atoms with van der Waals surface area (Å²) in [5.74, 6) is -0.744. The third kappa shape index (κ3) is 5.00. The van der Waals surface area contributed by atoms with Crippen LogP contribution in [0.3, 0.4) is 0 Å². The van der Waals surface area contributed by atoms with Crippen LogP contribution >= 0.6 is 11.6 Å². The highest BCUT2D eigenvalue weighted by Gasteiger charge is 2.20. The van der Waals surface area contributed by atoms with Crippen molar-refractivity contribution >= 4 is 17.7 Å². The fourth-order valence-electron chi connectivity index (χ4n) is 1.37. The van der Waals surface area contributed by atoms with Crippen molar-refractivity contribution in [2.24, 2.45) is 5.73 Å². The average molecular weight is 290 g/mol. The fourth-order valence-corrected chi connectivity index (χ4v) is 1.64. The van der Waals surface area contributed by atoms with Crippen LogP contribution in [0.15, 0.2) is 12.3 Å². The molecule has 0 bridgehead atoms. The Bertz CT molecular complexity index is 443. The molecule has 0 saturated heterocycles. The summed E-state index contributed by atoms with van der Waals surface area (Å²) in [6.07, 6.45) is 0.623. The molecule has 7 heteroatoms. The molecule has 1 rings (SSSR count). The van der Waals surface area contributed by atoms with Crippen LogP contribution in [0.1, 0.15) is 32.4 Å². The predicted octanol–water partition coefficient (Wildman–Crippen LogP) is 2.40. The molecule has 0 aliphatic carbocycles. The maximum Gasteiger partial charge on any atom is 0.407 e. The molecule has 0 aliphatic rings. The first-order chi connectivity index (χ1) is 8.70. The molecule has 106 valence electrons. The molecule has 19 heavy (non-hydrogen) atoms. The number of halogens is 2. The van der Waals surface area contributed by atoms with Crippen molar-refractivity contribution < 1.29 is 13.9 Å². The van der Waals surface area contributed by atoms with Gasteiger partial charge in [0.2, 0.25) is 5.95 Å². The maximum atomic E-state index is 13.5. The van der Waals surface area contributed by atoms with E-state index in [2.05, 4.69) is 10.3 Å². The van der Waals surface area contributed by atoms with E-state index in [9.17, 15) is 9.18 Å². The standard InChI is InChI=1S/C12H17ClFN3O2/c1-12(2,3)19-11(18)17-6-8(15)9-7(13)4-5-16-10(9)14/h4-5,8H,6,15H2,1-3H3,(H,17,18). The van der Waals surface area contributed by atoms with Gasteiger partial charge in [-0.25, -0.2) is 9.78 Å². The molecule has 1 amide bonds. The lowest BCUT2D eigenvalue weighted by atomic mass is 10.1. The first-order valence-corrected chi connectivity index (χ1v) is 6.11. The molecule has 1 aromatic rings. The number of pyridine rings is 1. The predicted molar refractivity (Wildman–Crippen MR) is 70.4 cm³/mol. The number of aromatic nitrogens is 1. The van der Waals surface area contributed by atoms with E-state index in [4.69, 9.17) is 22.1 Å². The zero-order valence-electron chi connectivity index (χ0n) is 11.0. The molecule has 0 radical (unpaired) electrons. The Morgan fingerprint density at radius 3 is 2.79 bits per heavy atom. The number of alkyl carbamates (subject to hydrolysis) is 1. The van der Waals surface area contributed by atoms with Gasteiger partial charge in [0.15, 0.2) is 0 Å². The van der Waals surface area contributed by atoms with Gasteiger partial charge in [-0.05, 0) is 26.8 Å². The quantitative estimate of drug-likeness (QED) is 0.838. The summed E-state index contributed by atoms with van der Waals surface area (Å²) < 4.78 is 18.5. The summed E-state index contributed by atoms with van der Waals surface area (Å²) in [5, 5.41) is 2.62. The van der Waals surface area contributed by atoms with Crippen LogP contribution in [0, 0.1) is 5.95 Å². The molecular formula is C12H17ClFN3O2. The van der Waals surface area contributed by atoms with Crippen molar-refractivity contribution in [3.05, 3.63) is 28.8 Å². The summed E-state index contributed by atoms with van der Waals surface area (Å²) >= 11 is 5.84. The Hall–Kier alpha value is -1.40. The summed E-state index contributed by atoms with van der Waals surface area (Å²) in [6.45, 7) is 5.22. The van der Waals surface area contributed by atoms with Crippen LogP contribution in [-0.2, 0) is 4.74 Å². The third-order valence-corrected chi connectivity index (χ3v) is 2.45. The summed E-state index contributed by atoms with van der Waals surface area (Å²) in [5.41, 5.74) is 5.24. The number of nitrogens with two attached hydrogens (primary N) is 1. The van der Waals surface area contributed by atoms with Crippen molar-refractivity contribution in [3.8, 4) is 0 Å². The molecular weight excluding hydrogens is 273 g/mol. The topological polar surface area (TPSA) is 77.2 Å². The van der Waals surface area contributed by atoms with Crippen molar-refractivity contribution in [2.45, 2.75) is 32.4 Å². The second-order valence-corrected chi connectivity index (χ2v) is 5.39. The van der Waals surface area contributed by atoms with Gasteiger partial charge < -0.3 is 15.8 Å². The molecule has 1 heterocycles. The van der Waals surface area contributed by atoms with Gasteiger partial charge in [-0.15, -0.1) is 0 Å². The van der Waals surface area contributed by atoms with Crippen LogP contribution in [-0.4, -0.2) is 23.2 Å². The van der Waals surface area contributed by atoms with E-state index < -0.39 is 23.7 Å². The zero-order valence-corrected chi connectivity index (χ0v) is 11.8. The summed E-state index contributed by atoms with van der Waals surface area (Å²) in [7, 11) is 0. The Kier molecular flexibility index (Phi) is 5.08. The molecule has 0 spiro atoms. The van der Waals surface area contributed by atoms with E-state index in [1.165, 1.54) is 12.3 Å². The number of carbonyl (C=O) groups excluding carboxylic acids is 1. The summed E-state index contributed by atoms with van der Waals surface area (Å²) in [6, 6.07) is 0.640. The van der Waals surface area contributed by atoms with Gasteiger partial charge in [0.25, 0.3) is 0 Å². The van der Waals surface area contributed by atoms with Gasteiger partial charge in [-0.2, -0.15) is 4.39 Å². The summed E-state index contributed by atoms with van der Waals surface area (Å²) in [4.78, 5) is 14.9. The minimum atomic E-state index is -0.797. The Labute approximate surface area is 116 Å². The second kappa shape index (κ2) is 6.16. The van der Waals surface area contributed by atoms with Crippen molar-refractivity contribution in [1.82, 2.24) is 10.3 Å². The van der Waals surface area contributed by atoms with E-state index >= 15 is 0 Å². The average Bonchev–Trinajstić information content (AvgIpc) is 2.23. The van der Waals surface area contributed by atoms with Crippen molar-refractivity contribution in [3.63, 3.8) is 0 Å². The third-order valence-electron chi connectivity index (χ3n) is 2.12. The smallest absolute Gasteiger partial charge is 0.407 e. The molecule has 1 unspecified atom stereocenters. The van der Waals surface area contributed by atoms with Crippen LogP contribution in [0.25, 0.3) is 0 Å². The number of carbonyl (C=O) groups is 1. The van der Waals surface area contributed by atoms with Gasteiger partial charge in [-0.1, -0.05) is 11.6 Å². The molecule has 1 atom stereocenters. The minimum Gasteiger partial charge on any atom is -0.444 e. The fraction of sp³-hybridized carbons (Fsp3) is 0.500. The number of nitrogens with zero attached hydrogens (tertiary/aromatic N) is 1. The van der Waals surface area contributed by atoms with Crippen LogP contribution < -0.4 is 11.1 Å². The highest BCUT2D eigenvalue weighted by atomic mass is 35.5. The number of ether oxygens (including phenoxy) is 1. The molecule has 5 nitrogen and oxygen atoms in total. The van der Waals surface area contributed by atoms with E-state index in [-0.39, 0.29) is 17.1 Å².